The molecule has 0 amide bonds. The summed E-state index contributed by atoms with van der Waals surface area (Å²) in [5, 5.41) is 8.83. The molecule has 0 aliphatic carbocycles. The Morgan fingerprint density at radius 3 is 2.35 bits per heavy atom. The summed E-state index contributed by atoms with van der Waals surface area (Å²) in [6, 6.07) is 14.6. The van der Waals surface area contributed by atoms with Crippen LogP contribution in [-0.4, -0.2) is 23.7 Å². The smallest absolute Gasteiger partial charge is 0.349 e. The van der Waals surface area contributed by atoms with Crippen molar-refractivity contribution < 1.29 is 24.2 Å². The van der Waals surface area contributed by atoms with E-state index in [9.17, 15) is 9.59 Å². The Hall–Kier alpha value is -2.82. The molecule has 0 atom stereocenters. The van der Waals surface area contributed by atoms with Gasteiger partial charge in [-0.1, -0.05) is 24.3 Å². The molecule has 102 valence electrons. The number of hydrogen-bond acceptors (Lipinski definition) is 4. The van der Waals surface area contributed by atoms with Gasteiger partial charge in [0.05, 0.1) is 5.56 Å². The third-order valence-corrected chi connectivity index (χ3v) is 2.41. The van der Waals surface area contributed by atoms with Crippen LogP contribution in [0.25, 0.3) is 0 Å². The molecule has 1 N–H and O–H groups in total. The highest BCUT2D eigenvalue weighted by Gasteiger charge is 2.08. The molecule has 0 bridgehead atoms. The number of esters is 1. The van der Waals surface area contributed by atoms with Gasteiger partial charge in [0.15, 0.2) is 6.61 Å². The Morgan fingerprint density at radius 1 is 0.950 bits per heavy atom. The highest BCUT2D eigenvalue weighted by molar-refractivity contribution is 5.88. The van der Waals surface area contributed by atoms with Crippen LogP contribution in [0.15, 0.2) is 54.6 Å². The second kappa shape index (κ2) is 6.38. The Labute approximate surface area is 115 Å². The minimum absolute atomic E-state index is 0.0549. The molecule has 2 aromatic carbocycles. The van der Waals surface area contributed by atoms with Crippen LogP contribution in [0.2, 0.25) is 0 Å². The average Bonchev–Trinajstić information content (AvgIpc) is 2.46. The summed E-state index contributed by atoms with van der Waals surface area (Å²) in [6.07, 6.45) is 0. The van der Waals surface area contributed by atoms with Crippen LogP contribution in [0.5, 0.6) is 11.5 Å². The van der Waals surface area contributed by atoms with Crippen molar-refractivity contribution in [1.82, 2.24) is 0 Å². The zero-order valence-corrected chi connectivity index (χ0v) is 10.5. The number of aromatic carboxylic acids is 1. The summed E-state index contributed by atoms with van der Waals surface area (Å²) < 4.78 is 10.2. The van der Waals surface area contributed by atoms with Crippen LogP contribution >= 0.6 is 0 Å². The molecule has 5 nitrogen and oxygen atoms in total. The van der Waals surface area contributed by atoms with E-state index in [0.29, 0.717) is 5.75 Å². The number of hydrogen-bond donors (Lipinski definition) is 1. The molecule has 2 aromatic rings. The van der Waals surface area contributed by atoms with Crippen molar-refractivity contribution in [1.29, 1.82) is 0 Å². The first-order valence-electron chi connectivity index (χ1n) is 5.87. The molecule has 0 aliphatic heterocycles. The van der Waals surface area contributed by atoms with E-state index in [2.05, 4.69) is 0 Å². The van der Waals surface area contributed by atoms with Crippen LogP contribution in [0, 0.1) is 0 Å². The Balaban J connectivity index is 1.91. The van der Waals surface area contributed by atoms with Crippen LogP contribution in [-0.2, 0) is 4.79 Å². The second-order valence-corrected chi connectivity index (χ2v) is 3.91. The topological polar surface area (TPSA) is 72.8 Å². The van der Waals surface area contributed by atoms with E-state index < -0.39 is 11.9 Å². The Kier molecular flexibility index (Phi) is 4.34. The molecular formula is C15H12O5. The lowest BCUT2D eigenvalue weighted by molar-refractivity contribution is -0.136. The highest BCUT2D eigenvalue weighted by Crippen LogP contribution is 2.14. The van der Waals surface area contributed by atoms with E-state index in [0.717, 1.165) is 0 Å². The highest BCUT2D eigenvalue weighted by atomic mass is 16.6. The van der Waals surface area contributed by atoms with Crippen molar-refractivity contribution in [2.45, 2.75) is 0 Å². The summed E-state index contributed by atoms with van der Waals surface area (Å²) in [5.41, 5.74) is 0.0549. The molecule has 20 heavy (non-hydrogen) atoms. The molecule has 0 saturated heterocycles. The van der Waals surface area contributed by atoms with Crippen molar-refractivity contribution in [2.75, 3.05) is 6.61 Å². The van der Waals surface area contributed by atoms with Crippen molar-refractivity contribution in [3.8, 4) is 11.5 Å². The molecule has 2 rings (SSSR count). The van der Waals surface area contributed by atoms with Crippen LogP contribution < -0.4 is 9.47 Å². The quantitative estimate of drug-likeness (QED) is 0.668. The molecular weight excluding hydrogens is 260 g/mol. The predicted molar refractivity (Wildman–Crippen MR) is 71.0 cm³/mol. The monoisotopic (exact) mass is 272 g/mol. The van der Waals surface area contributed by atoms with E-state index >= 15 is 0 Å². The number of carboxylic acids is 1. The van der Waals surface area contributed by atoms with E-state index in [1.54, 1.807) is 24.3 Å². The van der Waals surface area contributed by atoms with Crippen LogP contribution in [0.4, 0.5) is 0 Å². The van der Waals surface area contributed by atoms with Gasteiger partial charge in [0.1, 0.15) is 11.5 Å². The number of rotatable bonds is 5. The summed E-state index contributed by atoms with van der Waals surface area (Å²) in [5.74, 6) is -0.949. The minimum atomic E-state index is -1.08. The van der Waals surface area contributed by atoms with Gasteiger partial charge in [-0.25, -0.2) is 9.59 Å². The minimum Gasteiger partial charge on any atom is -0.482 e. The first-order valence-corrected chi connectivity index (χ1v) is 5.87. The van der Waals surface area contributed by atoms with Gasteiger partial charge in [0.25, 0.3) is 0 Å². The van der Waals surface area contributed by atoms with Crippen molar-refractivity contribution in [3.05, 3.63) is 60.2 Å². The fourth-order valence-corrected chi connectivity index (χ4v) is 1.51. The van der Waals surface area contributed by atoms with Gasteiger partial charge in [-0.2, -0.15) is 0 Å². The zero-order chi connectivity index (χ0) is 14.4. The summed E-state index contributed by atoms with van der Waals surface area (Å²) in [6.45, 7) is -0.249. The number of carbonyl (C=O) groups is 2. The van der Waals surface area contributed by atoms with Gasteiger partial charge in [0, 0.05) is 0 Å². The van der Waals surface area contributed by atoms with Gasteiger partial charge in [-0.05, 0) is 30.3 Å². The second-order valence-electron chi connectivity index (χ2n) is 3.91. The largest absolute Gasteiger partial charge is 0.482 e. The molecule has 0 saturated carbocycles. The lowest BCUT2D eigenvalue weighted by Crippen LogP contribution is -2.17. The molecule has 5 heteroatoms. The molecule has 0 radical (unpaired) electrons. The third kappa shape index (κ3) is 3.84. The molecule has 0 aliphatic rings. The summed E-state index contributed by atoms with van der Waals surface area (Å²) in [4.78, 5) is 22.4. The lowest BCUT2D eigenvalue weighted by atomic mass is 10.2. The van der Waals surface area contributed by atoms with Gasteiger partial charge in [0.2, 0.25) is 0 Å². The normalized spacial score (nSPS) is 9.80. The zero-order valence-electron chi connectivity index (χ0n) is 10.5. The predicted octanol–water partition coefficient (Wildman–Crippen LogP) is 2.37. The van der Waals surface area contributed by atoms with Crippen molar-refractivity contribution in [2.24, 2.45) is 0 Å². The molecule has 0 unspecified atom stereocenters. The first-order chi connectivity index (χ1) is 9.65. The van der Waals surface area contributed by atoms with E-state index in [4.69, 9.17) is 14.6 Å². The van der Waals surface area contributed by atoms with Crippen molar-refractivity contribution in [3.63, 3.8) is 0 Å². The number of carboxylic acid groups (broad SMARTS) is 1. The maximum Gasteiger partial charge on any atom is 0.349 e. The maximum absolute atomic E-state index is 11.6. The van der Waals surface area contributed by atoms with Gasteiger partial charge in [-0.15, -0.1) is 0 Å². The van der Waals surface area contributed by atoms with Gasteiger partial charge < -0.3 is 14.6 Å². The van der Waals surface area contributed by atoms with E-state index in [1.807, 2.05) is 6.07 Å². The molecule has 0 heterocycles. The fourth-order valence-electron chi connectivity index (χ4n) is 1.51. The molecule has 0 spiro atoms. The maximum atomic E-state index is 11.6. The van der Waals surface area contributed by atoms with Crippen molar-refractivity contribution >= 4 is 11.9 Å². The number of benzene rings is 2. The van der Waals surface area contributed by atoms with Gasteiger partial charge in [-0.3, -0.25) is 0 Å². The summed E-state index contributed by atoms with van der Waals surface area (Å²) in [7, 11) is 0. The lowest BCUT2D eigenvalue weighted by Gasteiger charge is -2.07. The molecule has 0 aromatic heterocycles. The number of para-hydroxylation sites is 1. The Bertz CT molecular complexity index is 607. The number of ether oxygens (including phenoxy) is 2. The average molecular weight is 272 g/mol. The SMILES string of the molecule is O=C(COc1ccccc1)Oc1cccc(C(=O)O)c1. The van der Waals surface area contributed by atoms with E-state index in [1.165, 1.54) is 24.3 Å². The summed E-state index contributed by atoms with van der Waals surface area (Å²) >= 11 is 0. The van der Waals surface area contributed by atoms with Gasteiger partial charge >= 0.3 is 11.9 Å². The van der Waals surface area contributed by atoms with E-state index in [-0.39, 0.29) is 17.9 Å². The van der Waals surface area contributed by atoms with Crippen LogP contribution in [0.1, 0.15) is 10.4 Å². The Morgan fingerprint density at radius 2 is 1.65 bits per heavy atom. The van der Waals surface area contributed by atoms with Crippen LogP contribution in [0.3, 0.4) is 0 Å². The standard InChI is InChI=1S/C15H12O5/c16-14(10-19-12-6-2-1-3-7-12)20-13-8-4-5-11(9-13)15(17)18/h1-9H,10H2,(H,17,18). The number of carbonyl (C=O) groups excluding carboxylic acids is 1. The molecule has 0 fully saturated rings. The first kappa shape index (κ1) is 13.6. The fraction of sp³-hybridized carbons (Fsp3) is 0.0667. The third-order valence-electron chi connectivity index (χ3n) is 2.41.